The van der Waals surface area contributed by atoms with Crippen molar-refractivity contribution in [3.05, 3.63) is 108 Å². The van der Waals surface area contributed by atoms with Gasteiger partial charge in [0.05, 0.1) is 17.1 Å². The molecule has 0 spiro atoms. The van der Waals surface area contributed by atoms with Crippen molar-refractivity contribution in [3.63, 3.8) is 0 Å². The Morgan fingerprint density at radius 2 is 1.19 bits per heavy atom. The average molecular weight is 430 g/mol. The molecule has 3 heteroatoms. The molecule has 0 aromatic heterocycles. The van der Waals surface area contributed by atoms with Crippen molar-refractivity contribution >= 4 is 5.97 Å². The molecule has 0 saturated heterocycles. The maximum absolute atomic E-state index is 12.5. The molecule has 3 nitrogen and oxygen atoms in total. The van der Waals surface area contributed by atoms with Crippen LogP contribution < -0.4 is 5.32 Å². The number of nitrogens with one attached hydrogen (secondary N) is 1. The van der Waals surface area contributed by atoms with Gasteiger partial charge in [0, 0.05) is 0 Å². The van der Waals surface area contributed by atoms with E-state index in [-0.39, 0.29) is 12.1 Å². The van der Waals surface area contributed by atoms with Gasteiger partial charge in [-0.05, 0) is 63.8 Å². The number of hydrogen-bond donors (Lipinski definition) is 1. The summed E-state index contributed by atoms with van der Waals surface area (Å²) in [5, 5.41) is 3.88. The van der Waals surface area contributed by atoms with E-state index in [0.29, 0.717) is 0 Å². The minimum Gasteiger partial charge on any atom is -0.463 e. The number of rotatable bonds is 10. The van der Waals surface area contributed by atoms with Crippen molar-refractivity contribution < 1.29 is 9.53 Å². The molecular formula is C29H35NO2. The van der Waals surface area contributed by atoms with Gasteiger partial charge >= 0.3 is 5.97 Å². The zero-order valence-corrected chi connectivity index (χ0v) is 19.7. The minimum absolute atomic E-state index is 0.0956. The van der Waals surface area contributed by atoms with E-state index in [4.69, 9.17) is 4.74 Å². The Balaban J connectivity index is 1.90. The smallest absolute Gasteiger partial charge is 0.311 e. The molecular weight excluding hydrogens is 394 g/mol. The maximum Gasteiger partial charge on any atom is 0.311 e. The Kier molecular flexibility index (Phi) is 7.87. The van der Waals surface area contributed by atoms with Crippen LogP contribution in [0, 0.1) is 5.41 Å². The fourth-order valence-electron chi connectivity index (χ4n) is 4.15. The predicted molar refractivity (Wildman–Crippen MR) is 131 cm³/mol. The van der Waals surface area contributed by atoms with Crippen molar-refractivity contribution in [3.8, 4) is 0 Å². The van der Waals surface area contributed by atoms with Gasteiger partial charge in [0.2, 0.25) is 0 Å². The van der Waals surface area contributed by atoms with Crippen LogP contribution in [0.2, 0.25) is 0 Å². The average Bonchev–Trinajstić information content (AvgIpc) is 2.80. The number of ether oxygens (including phenoxy) is 1. The summed E-state index contributed by atoms with van der Waals surface area (Å²) in [6.45, 7) is 8.48. The maximum atomic E-state index is 12.5. The van der Waals surface area contributed by atoms with Crippen LogP contribution in [0.4, 0.5) is 0 Å². The zero-order valence-electron chi connectivity index (χ0n) is 19.7. The molecule has 0 unspecified atom stereocenters. The lowest BCUT2D eigenvalue weighted by Crippen LogP contribution is -2.45. The lowest BCUT2D eigenvalue weighted by Gasteiger charge is -2.37. The molecule has 1 N–H and O–H groups in total. The summed E-state index contributed by atoms with van der Waals surface area (Å²) >= 11 is 0. The normalized spacial score (nSPS) is 12.0. The molecule has 168 valence electrons. The topological polar surface area (TPSA) is 38.3 Å². The Labute approximate surface area is 192 Å². The van der Waals surface area contributed by atoms with Gasteiger partial charge in [-0.3, -0.25) is 10.1 Å². The number of carbonyl (C=O) groups is 1. The van der Waals surface area contributed by atoms with Gasteiger partial charge in [0.25, 0.3) is 0 Å². The van der Waals surface area contributed by atoms with Crippen molar-refractivity contribution in [1.82, 2.24) is 5.32 Å². The summed E-state index contributed by atoms with van der Waals surface area (Å²) in [6, 6.07) is 31.7. The van der Waals surface area contributed by atoms with E-state index in [1.807, 2.05) is 45.9 Å². The van der Waals surface area contributed by atoms with Gasteiger partial charge in [-0.25, -0.2) is 0 Å². The second kappa shape index (κ2) is 10.6. The van der Waals surface area contributed by atoms with Gasteiger partial charge in [0.1, 0.15) is 0 Å². The molecule has 0 aliphatic carbocycles. The molecule has 32 heavy (non-hydrogen) atoms. The molecule has 0 heterocycles. The molecule has 3 aromatic rings. The SMILES string of the molecule is CC(C)OC(=O)C(C)(C)CCCNC(c1ccccc1)(c1ccccc1)c1ccccc1. The van der Waals surface area contributed by atoms with Crippen molar-refractivity contribution in [2.75, 3.05) is 6.54 Å². The molecule has 3 aromatic carbocycles. The highest BCUT2D eigenvalue weighted by molar-refractivity contribution is 5.76. The first kappa shape index (κ1) is 23.7. The number of esters is 1. The monoisotopic (exact) mass is 429 g/mol. The number of benzene rings is 3. The van der Waals surface area contributed by atoms with Crippen LogP contribution in [-0.4, -0.2) is 18.6 Å². The van der Waals surface area contributed by atoms with Crippen molar-refractivity contribution in [2.45, 2.75) is 52.2 Å². The van der Waals surface area contributed by atoms with E-state index in [1.165, 1.54) is 16.7 Å². The quantitative estimate of drug-likeness (QED) is 0.233. The summed E-state index contributed by atoms with van der Waals surface area (Å²) < 4.78 is 5.46. The van der Waals surface area contributed by atoms with Gasteiger partial charge in [-0.1, -0.05) is 91.0 Å². The summed E-state index contributed by atoms with van der Waals surface area (Å²) in [4.78, 5) is 12.5. The molecule has 0 radical (unpaired) electrons. The van der Waals surface area contributed by atoms with E-state index < -0.39 is 11.0 Å². The minimum atomic E-state index is -0.513. The molecule has 0 saturated carbocycles. The van der Waals surface area contributed by atoms with E-state index in [0.717, 1.165) is 19.4 Å². The lowest BCUT2D eigenvalue weighted by molar-refractivity contribution is -0.158. The van der Waals surface area contributed by atoms with E-state index in [1.54, 1.807) is 0 Å². The largest absolute Gasteiger partial charge is 0.463 e. The molecule has 0 bridgehead atoms. The predicted octanol–water partition coefficient (Wildman–Crippen LogP) is 6.33. The van der Waals surface area contributed by atoms with Crippen molar-refractivity contribution in [2.24, 2.45) is 5.41 Å². The lowest BCUT2D eigenvalue weighted by atomic mass is 9.76. The summed E-state index contributed by atoms with van der Waals surface area (Å²) in [5.74, 6) is -0.132. The van der Waals surface area contributed by atoms with Crippen LogP contribution in [-0.2, 0) is 15.1 Å². The van der Waals surface area contributed by atoms with Crippen LogP contribution in [0.3, 0.4) is 0 Å². The van der Waals surface area contributed by atoms with Crippen LogP contribution in [0.5, 0.6) is 0 Å². The second-order valence-corrected chi connectivity index (χ2v) is 9.22. The Hall–Kier alpha value is -2.91. The first-order valence-electron chi connectivity index (χ1n) is 11.5. The molecule has 0 fully saturated rings. The van der Waals surface area contributed by atoms with Crippen LogP contribution >= 0.6 is 0 Å². The second-order valence-electron chi connectivity index (χ2n) is 9.22. The highest BCUT2D eigenvalue weighted by atomic mass is 16.5. The Morgan fingerprint density at radius 1 is 0.781 bits per heavy atom. The van der Waals surface area contributed by atoms with Gasteiger partial charge in [-0.2, -0.15) is 0 Å². The fraction of sp³-hybridized carbons (Fsp3) is 0.345. The molecule has 0 atom stereocenters. The number of carbonyl (C=O) groups excluding carboxylic acids is 1. The standard InChI is InChI=1S/C29H35NO2/c1-23(2)32-27(31)28(3,4)21-14-22-30-29(24-15-8-5-9-16-24,25-17-10-6-11-18-25)26-19-12-7-13-20-26/h5-13,15-20,23,30H,14,21-22H2,1-4H3. The third kappa shape index (κ3) is 5.46. The number of hydrogen-bond acceptors (Lipinski definition) is 3. The fourth-order valence-corrected chi connectivity index (χ4v) is 4.15. The molecule has 0 aliphatic heterocycles. The van der Waals surface area contributed by atoms with E-state index >= 15 is 0 Å². The van der Waals surface area contributed by atoms with Gasteiger partial charge in [-0.15, -0.1) is 0 Å². The zero-order chi connectivity index (χ0) is 23.0. The molecule has 3 rings (SSSR count). The molecule has 0 amide bonds. The Morgan fingerprint density at radius 3 is 1.56 bits per heavy atom. The summed E-state index contributed by atoms with van der Waals surface area (Å²) in [5.41, 5.74) is 2.58. The van der Waals surface area contributed by atoms with E-state index in [2.05, 4.69) is 78.1 Å². The van der Waals surface area contributed by atoms with Crippen molar-refractivity contribution in [1.29, 1.82) is 0 Å². The van der Waals surface area contributed by atoms with E-state index in [9.17, 15) is 4.79 Å². The summed E-state index contributed by atoms with van der Waals surface area (Å²) in [6.07, 6.45) is 1.51. The first-order chi connectivity index (χ1) is 15.4. The van der Waals surface area contributed by atoms with Gasteiger partial charge in [0.15, 0.2) is 0 Å². The highest BCUT2D eigenvalue weighted by Crippen LogP contribution is 2.37. The third-order valence-corrected chi connectivity index (χ3v) is 5.88. The van der Waals surface area contributed by atoms with Crippen LogP contribution in [0.25, 0.3) is 0 Å². The first-order valence-corrected chi connectivity index (χ1v) is 11.5. The molecule has 0 aliphatic rings. The van der Waals surface area contributed by atoms with Gasteiger partial charge < -0.3 is 4.74 Å². The highest BCUT2D eigenvalue weighted by Gasteiger charge is 2.36. The Bertz CT molecular complexity index is 869. The van der Waals surface area contributed by atoms with Crippen LogP contribution in [0.1, 0.15) is 57.2 Å². The summed E-state index contributed by atoms with van der Waals surface area (Å²) in [7, 11) is 0. The third-order valence-electron chi connectivity index (χ3n) is 5.88. The van der Waals surface area contributed by atoms with Crippen LogP contribution in [0.15, 0.2) is 91.0 Å².